The molecule has 0 saturated carbocycles. The van der Waals surface area contributed by atoms with Crippen LogP contribution in [0.5, 0.6) is 0 Å². The van der Waals surface area contributed by atoms with Gasteiger partial charge in [-0.05, 0) is 18.2 Å². The van der Waals surface area contributed by atoms with E-state index in [9.17, 15) is 18.0 Å². The van der Waals surface area contributed by atoms with Crippen LogP contribution in [0, 0.1) is 0 Å². The van der Waals surface area contributed by atoms with Gasteiger partial charge in [-0.15, -0.1) is 0 Å². The maximum atomic E-state index is 12.8. The number of aryl methyl sites for hydroxylation is 1. The second kappa shape index (κ2) is 7.84. The number of nitrogens with one attached hydrogen (secondary N) is 1. The van der Waals surface area contributed by atoms with Crippen LogP contribution in [0.25, 0.3) is 11.3 Å². The quantitative estimate of drug-likeness (QED) is 0.614. The fourth-order valence-electron chi connectivity index (χ4n) is 2.39. The molecule has 0 aliphatic carbocycles. The lowest BCUT2D eigenvalue weighted by Gasteiger charge is -2.11. The van der Waals surface area contributed by atoms with E-state index in [1.54, 1.807) is 6.20 Å². The van der Waals surface area contributed by atoms with Crippen molar-refractivity contribution in [3.63, 3.8) is 0 Å². The van der Waals surface area contributed by atoms with E-state index >= 15 is 0 Å². The minimum absolute atomic E-state index is 0.0126. The first-order valence-electron chi connectivity index (χ1n) is 7.99. The molecule has 0 bridgehead atoms. The van der Waals surface area contributed by atoms with Gasteiger partial charge < -0.3 is 9.73 Å². The molecule has 0 unspecified atom stereocenters. The maximum absolute atomic E-state index is 12.8. The second-order valence-electron chi connectivity index (χ2n) is 5.72. The monoisotopic (exact) mass is 394 g/mol. The number of oxazole rings is 1. The molecule has 2 aromatic carbocycles. The van der Waals surface area contributed by atoms with Crippen LogP contribution in [-0.4, -0.2) is 10.9 Å². The van der Waals surface area contributed by atoms with Crippen LogP contribution >= 0.6 is 11.6 Å². The average Bonchev–Trinajstić information content (AvgIpc) is 3.11. The van der Waals surface area contributed by atoms with Gasteiger partial charge in [0, 0.05) is 18.4 Å². The lowest BCUT2D eigenvalue weighted by Crippen LogP contribution is -2.14. The molecule has 8 heteroatoms. The number of halogens is 4. The fourth-order valence-corrected chi connectivity index (χ4v) is 2.56. The minimum atomic E-state index is -4.52. The largest absolute Gasteiger partial charge is 0.441 e. The normalized spacial score (nSPS) is 11.4. The van der Waals surface area contributed by atoms with Crippen LogP contribution in [0.4, 0.5) is 18.9 Å². The lowest BCUT2D eigenvalue weighted by atomic mass is 10.2. The summed E-state index contributed by atoms with van der Waals surface area (Å²) in [5, 5.41) is 2.42. The topological polar surface area (TPSA) is 55.1 Å². The number of rotatable bonds is 5. The molecule has 1 aromatic heterocycles. The fraction of sp³-hybridized carbons (Fsp3) is 0.158. The Morgan fingerprint density at radius 2 is 1.89 bits per heavy atom. The first-order valence-corrected chi connectivity index (χ1v) is 8.37. The van der Waals surface area contributed by atoms with Crippen molar-refractivity contribution in [3.8, 4) is 11.3 Å². The standard InChI is InChI=1S/C19H14ClF3N2O2/c20-14-7-6-13(19(21,22)23)10-15(14)25-17(26)8-9-18-24-11-16(27-18)12-4-2-1-3-5-12/h1-7,10-11H,8-9H2,(H,25,26). The summed E-state index contributed by atoms with van der Waals surface area (Å²) in [6.07, 6.45) is -2.77. The molecule has 27 heavy (non-hydrogen) atoms. The van der Waals surface area contributed by atoms with Crippen LogP contribution in [0.3, 0.4) is 0 Å². The minimum Gasteiger partial charge on any atom is -0.441 e. The van der Waals surface area contributed by atoms with Crippen LogP contribution in [0.1, 0.15) is 17.9 Å². The first kappa shape index (κ1) is 19.0. The Labute approximate surface area is 158 Å². The van der Waals surface area contributed by atoms with Crippen molar-refractivity contribution in [1.29, 1.82) is 0 Å². The van der Waals surface area contributed by atoms with Crippen molar-refractivity contribution < 1.29 is 22.4 Å². The van der Waals surface area contributed by atoms with E-state index in [1.807, 2.05) is 30.3 Å². The maximum Gasteiger partial charge on any atom is 0.416 e. The molecule has 0 spiro atoms. The summed E-state index contributed by atoms with van der Waals surface area (Å²) in [5.74, 6) is 0.446. The molecule has 4 nitrogen and oxygen atoms in total. The van der Waals surface area contributed by atoms with Crippen LogP contribution in [-0.2, 0) is 17.4 Å². The van der Waals surface area contributed by atoms with Gasteiger partial charge in [0.05, 0.1) is 22.5 Å². The number of hydrogen-bond donors (Lipinski definition) is 1. The third-order valence-electron chi connectivity index (χ3n) is 3.75. The van der Waals surface area contributed by atoms with Gasteiger partial charge in [0.1, 0.15) is 0 Å². The van der Waals surface area contributed by atoms with Crippen molar-refractivity contribution >= 4 is 23.2 Å². The van der Waals surface area contributed by atoms with E-state index in [-0.39, 0.29) is 23.6 Å². The van der Waals surface area contributed by atoms with Crippen LogP contribution in [0.2, 0.25) is 5.02 Å². The predicted molar refractivity (Wildman–Crippen MR) is 95.3 cm³/mol. The molecule has 0 aliphatic rings. The lowest BCUT2D eigenvalue weighted by molar-refractivity contribution is -0.137. The summed E-state index contributed by atoms with van der Waals surface area (Å²) >= 11 is 5.87. The molecule has 1 N–H and O–H groups in total. The molecule has 0 fully saturated rings. The molecule has 3 rings (SSSR count). The van der Waals surface area contributed by atoms with E-state index in [4.69, 9.17) is 16.0 Å². The highest BCUT2D eigenvalue weighted by atomic mass is 35.5. The predicted octanol–water partition coefficient (Wildman–Crippen LogP) is 5.59. The van der Waals surface area contributed by atoms with Gasteiger partial charge in [0.25, 0.3) is 0 Å². The van der Waals surface area contributed by atoms with Crippen LogP contribution < -0.4 is 5.32 Å². The zero-order chi connectivity index (χ0) is 19.4. The van der Waals surface area contributed by atoms with Gasteiger partial charge in [0.2, 0.25) is 5.91 Å². The number of hydrogen-bond acceptors (Lipinski definition) is 3. The molecule has 1 amide bonds. The molecule has 0 radical (unpaired) electrons. The third-order valence-corrected chi connectivity index (χ3v) is 4.08. The molecule has 3 aromatic rings. The summed E-state index contributed by atoms with van der Waals surface area (Å²) in [4.78, 5) is 16.2. The van der Waals surface area contributed by atoms with E-state index in [1.165, 1.54) is 0 Å². The van der Waals surface area contributed by atoms with E-state index in [2.05, 4.69) is 10.3 Å². The van der Waals surface area contributed by atoms with Gasteiger partial charge in [-0.3, -0.25) is 4.79 Å². The van der Waals surface area contributed by atoms with Gasteiger partial charge >= 0.3 is 6.18 Å². The number of anilines is 1. The van der Waals surface area contributed by atoms with Crippen molar-refractivity contribution in [3.05, 3.63) is 71.2 Å². The molecule has 1 heterocycles. The summed E-state index contributed by atoms with van der Waals surface area (Å²) in [7, 11) is 0. The molecule has 0 atom stereocenters. The van der Waals surface area contributed by atoms with E-state index in [0.29, 0.717) is 11.7 Å². The highest BCUT2D eigenvalue weighted by molar-refractivity contribution is 6.33. The smallest absolute Gasteiger partial charge is 0.416 e. The van der Waals surface area contributed by atoms with Crippen molar-refractivity contribution in [1.82, 2.24) is 4.98 Å². The Morgan fingerprint density at radius 3 is 2.59 bits per heavy atom. The Balaban J connectivity index is 1.62. The third kappa shape index (κ3) is 4.89. The van der Waals surface area contributed by atoms with Crippen molar-refractivity contribution in [2.24, 2.45) is 0 Å². The Bertz CT molecular complexity index is 940. The van der Waals surface area contributed by atoms with Crippen molar-refractivity contribution in [2.45, 2.75) is 19.0 Å². The van der Waals surface area contributed by atoms with Gasteiger partial charge in [-0.1, -0.05) is 41.9 Å². The first-order chi connectivity index (χ1) is 12.8. The van der Waals surface area contributed by atoms with Gasteiger partial charge in [-0.2, -0.15) is 13.2 Å². The Hall–Kier alpha value is -2.80. The number of benzene rings is 2. The number of alkyl halides is 3. The second-order valence-corrected chi connectivity index (χ2v) is 6.13. The SMILES string of the molecule is O=C(CCc1ncc(-c2ccccc2)o1)Nc1cc(C(F)(F)F)ccc1Cl. The Kier molecular flexibility index (Phi) is 5.51. The number of carbonyl (C=O) groups excluding carboxylic acids is 1. The number of aromatic nitrogens is 1. The highest BCUT2D eigenvalue weighted by Gasteiger charge is 2.31. The molecule has 140 valence electrons. The molecule has 0 saturated heterocycles. The van der Waals surface area contributed by atoms with Crippen LogP contribution in [0.15, 0.2) is 59.1 Å². The summed E-state index contributed by atoms with van der Waals surface area (Å²) < 4.78 is 43.9. The summed E-state index contributed by atoms with van der Waals surface area (Å²) in [5.41, 5.74) is -0.118. The van der Waals surface area contributed by atoms with Crippen molar-refractivity contribution in [2.75, 3.05) is 5.32 Å². The highest BCUT2D eigenvalue weighted by Crippen LogP contribution is 2.33. The molecular formula is C19H14ClF3N2O2. The average molecular weight is 395 g/mol. The molecular weight excluding hydrogens is 381 g/mol. The number of nitrogens with zero attached hydrogens (tertiary/aromatic N) is 1. The van der Waals surface area contributed by atoms with E-state index in [0.717, 1.165) is 23.8 Å². The summed E-state index contributed by atoms with van der Waals surface area (Å²) in [6, 6.07) is 12.1. The molecule has 0 aliphatic heterocycles. The Morgan fingerprint density at radius 1 is 1.15 bits per heavy atom. The van der Waals surface area contributed by atoms with Gasteiger partial charge in [-0.25, -0.2) is 4.98 Å². The number of amides is 1. The zero-order valence-corrected chi connectivity index (χ0v) is 14.6. The van der Waals surface area contributed by atoms with E-state index < -0.39 is 17.6 Å². The zero-order valence-electron chi connectivity index (χ0n) is 13.9. The summed E-state index contributed by atoms with van der Waals surface area (Å²) in [6.45, 7) is 0. The number of carbonyl (C=O) groups is 1. The van der Waals surface area contributed by atoms with Gasteiger partial charge in [0.15, 0.2) is 11.7 Å².